The minimum absolute atomic E-state index is 0.0363. The zero-order valence-electron chi connectivity index (χ0n) is 14.2. The van der Waals surface area contributed by atoms with Gasteiger partial charge in [-0.25, -0.2) is 0 Å². The third-order valence-electron chi connectivity index (χ3n) is 4.13. The second-order valence-corrected chi connectivity index (χ2v) is 5.93. The van der Waals surface area contributed by atoms with Crippen LogP contribution in [0.5, 0.6) is 5.75 Å². The molecule has 6 nitrogen and oxygen atoms in total. The molecular formula is C18H23N3O3. The fourth-order valence-electron chi connectivity index (χ4n) is 2.92. The lowest BCUT2D eigenvalue weighted by molar-refractivity contribution is 0.0613. The van der Waals surface area contributed by atoms with Crippen LogP contribution in [-0.2, 0) is 6.54 Å². The summed E-state index contributed by atoms with van der Waals surface area (Å²) in [4.78, 5) is 16.9. The van der Waals surface area contributed by atoms with Crippen molar-refractivity contribution < 1.29 is 14.1 Å². The standard InChI is InChI=1S/C18H23N3O3/c1-3-23-17-7-5-4-6-16(17)18(22)21-10-8-20(9-11-21)13-15-12-14(2)19-24-15/h4-7,12H,3,8-11,13H2,1-2H3. The largest absolute Gasteiger partial charge is 0.493 e. The molecule has 1 aliphatic rings. The smallest absolute Gasteiger partial charge is 0.257 e. The second-order valence-electron chi connectivity index (χ2n) is 5.93. The quantitative estimate of drug-likeness (QED) is 0.843. The van der Waals surface area contributed by atoms with E-state index in [-0.39, 0.29) is 5.91 Å². The van der Waals surface area contributed by atoms with Crippen LogP contribution in [0, 0.1) is 6.92 Å². The molecule has 24 heavy (non-hydrogen) atoms. The van der Waals surface area contributed by atoms with E-state index in [4.69, 9.17) is 9.26 Å². The number of rotatable bonds is 5. The fourth-order valence-corrected chi connectivity index (χ4v) is 2.92. The van der Waals surface area contributed by atoms with Crippen molar-refractivity contribution in [3.8, 4) is 5.75 Å². The van der Waals surface area contributed by atoms with Gasteiger partial charge in [0.2, 0.25) is 0 Å². The van der Waals surface area contributed by atoms with E-state index < -0.39 is 0 Å². The number of hydrogen-bond donors (Lipinski definition) is 0. The van der Waals surface area contributed by atoms with Crippen LogP contribution < -0.4 is 4.74 Å². The van der Waals surface area contributed by atoms with Crippen molar-refractivity contribution in [2.45, 2.75) is 20.4 Å². The first-order valence-corrected chi connectivity index (χ1v) is 8.33. The second kappa shape index (κ2) is 7.49. The lowest BCUT2D eigenvalue weighted by Crippen LogP contribution is -2.48. The molecule has 0 N–H and O–H groups in total. The maximum absolute atomic E-state index is 12.8. The van der Waals surface area contributed by atoms with Crippen LogP contribution in [0.1, 0.15) is 28.7 Å². The fraction of sp³-hybridized carbons (Fsp3) is 0.444. The first kappa shape index (κ1) is 16.5. The van der Waals surface area contributed by atoms with Gasteiger partial charge in [-0.3, -0.25) is 9.69 Å². The van der Waals surface area contributed by atoms with E-state index in [1.54, 1.807) is 0 Å². The molecule has 0 atom stereocenters. The van der Waals surface area contributed by atoms with E-state index in [0.29, 0.717) is 31.0 Å². The number of amides is 1. The Morgan fingerprint density at radius 3 is 2.67 bits per heavy atom. The molecule has 2 aromatic rings. The molecule has 128 valence electrons. The molecule has 0 aliphatic carbocycles. The van der Waals surface area contributed by atoms with Gasteiger partial charge in [0.05, 0.1) is 24.4 Å². The molecule has 1 aromatic heterocycles. The molecule has 1 aliphatic heterocycles. The number of ether oxygens (including phenoxy) is 1. The monoisotopic (exact) mass is 329 g/mol. The average molecular weight is 329 g/mol. The van der Waals surface area contributed by atoms with Crippen molar-refractivity contribution in [3.63, 3.8) is 0 Å². The van der Waals surface area contributed by atoms with E-state index in [9.17, 15) is 4.79 Å². The summed E-state index contributed by atoms with van der Waals surface area (Å²) in [7, 11) is 0. The number of nitrogens with zero attached hydrogens (tertiary/aromatic N) is 3. The number of aryl methyl sites for hydroxylation is 1. The number of benzene rings is 1. The maximum Gasteiger partial charge on any atom is 0.257 e. The Morgan fingerprint density at radius 1 is 1.25 bits per heavy atom. The number of para-hydroxylation sites is 1. The molecule has 1 fully saturated rings. The number of hydrogen-bond acceptors (Lipinski definition) is 5. The van der Waals surface area contributed by atoms with Gasteiger partial charge in [0.1, 0.15) is 5.75 Å². The van der Waals surface area contributed by atoms with Gasteiger partial charge in [-0.15, -0.1) is 0 Å². The van der Waals surface area contributed by atoms with Gasteiger partial charge in [-0.05, 0) is 26.0 Å². The SMILES string of the molecule is CCOc1ccccc1C(=O)N1CCN(Cc2cc(C)no2)CC1. The predicted molar refractivity (Wildman–Crippen MR) is 90.0 cm³/mol. The van der Waals surface area contributed by atoms with Crippen molar-refractivity contribution in [2.24, 2.45) is 0 Å². The molecule has 1 saturated heterocycles. The average Bonchev–Trinajstić information content (AvgIpc) is 3.01. The van der Waals surface area contributed by atoms with Crippen LogP contribution in [0.2, 0.25) is 0 Å². The summed E-state index contributed by atoms with van der Waals surface area (Å²) in [6.07, 6.45) is 0. The topological polar surface area (TPSA) is 58.8 Å². The minimum atomic E-state index is 0.0363. The van der Waals surface area contributed by atoms with E-state index in [0.717, 1.165) is 31.1 Å². The Bertz CT molecular complexity index is 690. The summed E-state index contributed by atoms with van der Waals surface area (Å²) in [5.41, 5.74) is 1.53. The Kier molecular flexibility index (Phi) is 5.15. The normalized spacial score (nSPS) is 15.5. The third-order valence-corrected chi connectivity index (χ3v) is 4.13. The molecule has 0 radical (unpaired) electrons. The molecule has 0 saturated carbocycles. The summed E-state index contributed by atoms with van der Waals surface area (Å²) in [5, 5.41) is 3.91. The zero-order chi connectivity index (χ0) is 16.9. The highest BCUT2D eigenvalue weighted by molar-refractivity contribution is 5.97. The molecule has 0 unspecified atom stereocenters. The van der Waals surface area contributed by atoms with Crippen molar-refractivity contribution >= 4 is 5.91 Å². The van der Waals surface area contributed by atoms with Crippen molar-refractivity contribution in [1.82, 2.24) is 15.0 Å². The highest BCUT2D eigenvalue weighted by Gasteiger charge is 2.24. The van der Waals surface area contributed by atoms with Crippen LogP contribution in [0.4, 0.5) is 0 Å². The van der Waals surface area contributed by atoms with E-state index >= 15 is 0 Å². The number of aromatic nitrogens is 1. The molecule has 2 heterocycles. The van der Waals surface area contributed by atoms with Crippen molar-refractivity contribution in [2.75, 3.05) is 32.8 Å². The van der Waals surface area contributed by atoms with Crippen LogP contribution in [0.25, 0.3) is 0 Å². The predicted octanol–water partition coefficient (Wildman–Crippen LogP) is 2.34. The number of piperazine rings is 1. The summed E-state index contributed by atoms with van der Waals surface area (Å²) in [6.45, 7) is 8.17. The van der Waals surface area contributed by atoms with Crippen LogP contribution in [0.15, 0.2) is 34.9 Å². The third kappa shape index (κ3) is 3.76. The number of carbonyl (C=O) groups excluding carboxylic acids is 1. The summed E-state index contributed by atoms with van der Waals surface area (Å²) >= 11 is 0. The first-order chi connectivity index (χ1) is 11.7. The number of carbonyl (C=O) groups is 1. The van der Waals surface area contributed by atoms with Gasteiger partial charge in [0.25, 0.3) is 5.91 Å². The van der Waals surface area contributed by atoms with Gasteiger partial charge in [-0.1, -0.05) is 17.3 Å². The van der Waals surface area contributed by atoms with E-state index in [1.807, 2.05) is 49.1 Å². The Balaban J connectivity index is 1.59. The van der Waals surface area contributed by atoms with Gasteiger partial charge in [0, 0.05) is 32.2 Å². The Morgan fingerprint density at radius 2 is 2.00 bits per heavy atom. The van der Waals surface area contributed by atoms with Gasteiger partial charge in [-0.2, -0.15) is 0 Å². The molecule has 6 heteroatoms. The Hall–Kier alpha value is -2.34. The molecule has 0 spiro atoms. The summed E-state index contributed by atoms with van der Waals surface area (Å²) < 4.78 is 10.8. The highest BCUT2D eigenvalue weighted by atomic mass is 16.5. The lowest BCUT2D eigenvalue weighted by Gasteiger charge is -2.34. The van der Waals surface area contributed by atoms with Crippen LogP contribution in [-0.4, -0.2) is 53.6 Å². The van der Waals surface area contributed by atoms with Crippen molar-refractivity contribution in [1.29, 1.82) is 0 Å². The Labute approximate surface area is 142 Å². The van der Waals surface area contributed by atoms with Gasteiger partial charge in [0.15, 0.2) is 5.76 Å². The van der Waals surface area contributed by atoms with Crippen LogP contribution >= 0.6 is 0 Å². The summed E-state index contributed by atoms with van der Waals surface area (Å²) in [5.74, 6) is 1.56. The zero-order valence-corrected chi connectivity index (χ0v) is 14.2. The maximum atomic E-state index is 12.8. The molecule has 1 amide bonds. The summed E-state index contributed by atoms with van der Waals surface area (Å²) in [6, 6.07) is 9.39. The molecule has 1 aromatic carbocycles. The van der Waals surface area contributed by atoms with Crippen molar-refractivity contribution in [3.05, 3.63) is 47.3 Å². The van der Waals surface area contributed by atoms with Gasteiger partial charge < -0.3 is 14.2 Å². The molecule has 3 rings (SSSR count). The van der Waals surface area contributed by atoms with E-state index in [2.05, 4.69) is 10.1 Å². The van der Waals surface area contributed by atoms with E-state index in [1.165, 1.54) is 0 Å². The molecule has 0 bridgehead atoms. The lowest BCUT2D eigenvalue weighted by atomic mass is 10.1. The highest BCUT2D eigenvalue weighted by Crippen LogP contribution is 2.21. The van der Waals surface area contributed by atoms with Gasteiger partial charge >= 0.3 is 0 Å². The molecular weight excluding hydrogens is 306 g/mol. The van der Waals surface area contributed by atoms with Crippen LogP contribution in [0.3, 0.4) is 0 Å². The first-order valence-electron chi connectivity index (χ1n) is 8.33. The minimum Gasteiger partial charge on any atom is -0.493 e.